The maximum absolute atomic E-state index is 9.81. The first-order valence-electron chi connectivity index (χ1n) is 5.27. The van der Waals surface area contributed by atoms with E-state index in [0.29, 0.717) is 12.3 Å². The third kappa shape index (κ3) is 3.40. The third-order valence-electron chi connectivity index (χ3n) is 2.45. The van der Waals surface area contributed by atoms with Crippen LogP contribution >= 0.6 is 0 Å². The number of nitrogens with one attached hydrogen (secondary N) is 1. The standard InChI is InChI=1S/C12H19NO3/c1-9(15-2)7-13-8-10-5-4-6-11(16-3)12(10)14/h4-6,9,13-14H,7-8H2,1-3H3. The summed E-state index contributed by atoms with van der Waals surface area (Å²) in [6.45, 7) is 3.32. The number of aromatic hydroxyl groups is 1. The van der Waals surface area contributed by atoms with Crippen LogP contribution in [0.1, 0.15) is 12.5 Å². The topological polar surface area (TPSA) is 50.7 Å². The number of hydrogen-bond acceptors (Lipinski definition) is 4. The molecule has 0 saturated heterocycles. The predicted octanol–water partition coefficient (Wildman–Crippen LogP) is 1.53. The van der Waals surface area contributed by atoms with E-state index in [1.165, 1.54) is 0 Å². The molecule has 0 spiro atoms. The van der Waals surface area contributed by atoms with Gasteiger partial charge in [0.05, 0.1) is 13.2 Å². The molecule has 1 atom stereocenters. The molecule has 16 heavy (non-hydrogen) atoms. The minimum absolute atomic E-state index is 0.160. The van der Waals surface area contributed by atoms with Gasteiger partial charge in [-0.3, -0.25) is 0 Å². The van der Waals surface area contributed by atoms with Crippen LogP contribution in [0.25, 0.3) is 0 Å². The highest BCUT2D eigenvalue weighted by Gasteiger charge is 2.07. The Morgan fingerprint density at radius 3 is 2.75 bits per heavy atom. The second-order valence-electron chi connectivity index (χ2n) is 3.65. The number of rotatable bonds is 6. The monoisotopic (exact) mass is 225 g/mol. The summed E-state index contributed by atoms with van der Waals surface area (Å²) in [4.78, 5) is 0. The molecule has 4 heteroatoms. The predicted molar refractivity (Wildman–Crippen MR) is 62.8 cm³/mol. The van der Waals surface area contributed by atoms with Gasteiger partial charge >= 0.3 is 0 Å². The molecule has 2 N–H and O–H groups in total. The van der Waals surface area contributed by atoms with E-state index in [1.807, 2.05) is 19.1 Å². The van der Waals surface area contributed by atoms with Gasteiger partial charge in [-0.05, 0) is 13.0 Å². The quantitative estimate of drug-likeness (QED) is 0.770. The summed E-state index contributed by atoms with van der Waals surface area (Å²) in [5, 5.41) is 13.0. The summed E-state index contributed by atoms with van der Waals surface area (Å²) in [6, 6.07) is 5.45. The van der Waals surface area contributed by atoms with Gasteiger partial charge in [-0.15, -0.1) is 0 Å². The van der Waals surface area contributed by atoms with E-state index in [4.69, 9.17) is 9.47 Å². The summed E-state index contributed by atoms with van der Waals surface area (Å²) >= 11 is 0. The molecule has 0 aliphatic heterocycles. The Morgan fingerprint density at radius 1 is 1.38 bits per heavy atom. The lowest BCUT2D eigenvalue weighted by molar-refractivity contribution is 0.117. The zero-order valence-electron chi connectivity index (χ0n) is 9.99. The van der Waals surface area contributed by atoms with Gasteiger partial charge in [-0.2, -0.15) is 0 Å². The first-order valence-corrected chi connectivity index (χ1v) is 5.27. The van der Waals surface area contributed by atoms with Crippen LogP contribution in [-0.4, -0.2) is 32.0 Å². The minimum Gasteiger partial charge on any atom is -0.504 e. The number of benzene rings is 1. The van der Waals surface area contributed by atoms with Gasteiger partial charge in [0.1, 0.15) is 0 Å². The summed E-state index contributed by atoms with van der Waals surface area (Å²) in [5.74, 6) is 0.696. The van der Waals surface area contributed by atoms with Crippen molar-refractivity contribution in [1.82, 2.24) is 5.32 Å². The van der Waals surface area contributed by atoms with E-state index >= 15 is 0 Å². The average Bonchev–Trinajstić information content (AvgIpc) is 2.31. The van der Waals surface area contributed by atoms with Crippen molar-refractivity contribution in [2.24, 2.45) is 0 Å². The fraction of sp³-hybridized carbons (Fsp3) is 0.500. The summed E-state index contributed by atoms with van der Waals surface area (Å²) < 4.78 is 10.1. The van der Waals surface area contributed by atoms with Crippen LogP contribution in [0.2, 0.25) is 0 Å². The Labute approximate surface area is 96.2 Å². The summed E-state index contributed by atoms with van der Waals surface area (Å²) in [6.07, 6.45) is 0.160. The zero-order chi connectivity index (χ0) is 12.0. The minimum atomic E-state index is 0.160. The molecule has 0 radical (unpaired) electrons. The third-order valence-corrected chi connectivity index (χ3v) is 2.45. The maximum atomic E-state index is 9.81. The lowest BCUT2D eigenvalue weighted by atomic mass is 10.2. The second kappa shape index (κ2) is 6.35. The molecule has 4 nitrogen and oxygen atoms in total. The second-order valence-corrected chi connectivity index (χ2v) is 3.65. The fourth-order valence-corrected chi connectivity index (χ4v) is 1.37. The molecular formula is C12H19NO3. The van der Waals surface area contributed by atoms with Gasteiger partial charge in [0.25, 0.3) is 0 Å². The number of phenolic OH excluding ortho intramolecular Hbond substituents is 1. The average molecular weight is 225 g/mol. The van der Waals surface area contributed by atoms with E-state index < -0.39 is 0 Å². The number of phenols is 1. The molecule has 0 aliphatic carbocycles. The number of methoxy groups -OCH3 is 2. The molecule has 0 bridgehead atoms. The van der Waals surface area contributed by atoms with Gasteiger partial charge in [0, 0.05) is 25.8 Å². The first kappa shape index (κ1) is 12.8. The highest BCUT2D eigenvalue weighted by Crippen LogP contribution is 2.28. The molecular weight excluding hydrogens is 206 g/mol. The zero-order valence-corrected chi connectivity index (χ0v) is 9.99. The highest BCUT2D eigenvalue weighted by atomic mass is 16.5. The molecule has 0 fully saturated rings. The highest BCUT2D eigenvalue weighted by molar-refractivity contribution is 5.45. The van der Waals surface area contributed by atoms with E-state index in [-0.39, 0.29) is 11.9 Å². The Bertz CT molecular complexity index is 328. The SMILES string of the molecule is COc1cccc(CNCC(C)OC)c1O. The molecule has 0 amide bonds. The Balaban J connectivity index is 2.54. The molecule has 1 unspecified atom stereocenters. The molecule has 0 aliphatic rings. The first-order chi connectivity index (χ1) is 7.69. The van der Waals surface area contributed by atoms with Gasteiger partial charge in [-0.25, -0.2) is 0 Å². The van der Waals surface area contributed by atoms with Crippen molar-refractivity contribution in [3.63, 3.8) is 0 Å². The number of hydrogen-bond donors (Lipinski definition) is 2. The van der Waals surface area contributed by atoms with Crippen molar-refractivity contribution in [3.8, 4) is 11.5 Å². The van der Waals surface area contributed by atoms with Crippen LogP contribution in [0.3, 0.4) is 0 Å². The molecule has 1 aromatic rings. The fourth-order valence-electron chi connectivity index (χ4n) is 1.37. The summed E-state index contributed by atoms with van der Waals surface area (Å²) in [7, 11) is 3.22. The molecule has 0 aromatic heterocycles. The molecule has 1 rings (SSSR count). The molecule has 1 aromatic carbocycles. The van der Waals surface area contributed by atoms with Crippen LogP contribution in [0.5, 0.6) is 11.5 Å². The van der Waals surface area contributed by atoms with Gasteiger partial charge < -0.3 is 19.9 Å². The number of ether oxygens (including phenoxy) is 2. The van der Waals surface area contributed by atoms with Crippen molar-refractivity contribution in [2.75, 3.05) is 20.8 Å². The van der Waals surface area contributed by atoms with Crippen LogP contribution in [0, 0.1) is 0 Å². The van der Waals surface area contributed by atoms with E-state index in [2.05, 4.69) is 5.32 Å². The van der Waals surface area contributed by atoms with Crippen LogP contribution < -0.4 is 10.1 Å². The maximum Gasteiger partial charge on any atom is 0.162 e. The van der Waals surface area contributed by atoms with Gasteiger partial charge in [0.2, 0.25) is 0 Å². The van der Waals surface area contributed by atoms with Crippen molar-refractivity contribution in [3.05, 3.63) is 23.8 Å². The summed E-state index contributed by atoms with van der Waals surface area (Å²) in [5.41, 5.74) is 0.822. The molecule has 0 saturated carbocycles. The van der Waals surface area contributed by atoms with Crippen LogP contribution in [0.4, 0.5) is 0 Å². The van der Waals surface area contributed by atoms with E-state index in [9.17, 15) is 5.11 Å². The Hall–Kier alpha value is -1.26. The van der Waals surface area contributed by atoms with Crippen molar-refractivity contribution >= 4 is 0 Å². The largest absolute Gasteiger partial charge is 0.504 e. The number of para-hydroxylation sites is 1. The molecule has 0 heterocycles. The Kier molecular flexibility index (Phi) is 5.08. The van der Waals surface area contributed by atoms with Gasteiger partial charge in [0.15, 0.2) is 11.5 Å². The van der Waals surface area contributed by atoms with Crippen LogP contribution in [-0.2, 0) is 11.3 Å². The van der Waals surface area contributed by atoms with E-state index in [1.54, 1.807) is 20.3 Å². The Morgan fingerprint density at radius 2 is 2.12 bits per heavy atom. The van der Waals surface area contributed by atoms with E-state index in [0.717, 1.165) is 12.1 Å². The van der Waals surface area contributed by atoms with Crippen LogP contribution in [0.15, 0.2) is 18.2 Å². The lowest BCUT2D eigenvalue weighted by Crippen LogP contribution is -2.25. The smallest absolute Gasteiger partial charge is 0.162 e. The normalized spacial score (nSPS) is 12.4. The van der Waals surface area contributed by atoms with Gasteiger partial charge in [-0.1, -0.05) is 12.1 Å². The van der Waals surface area contributed by atoms with Crippen molar-refractivity contribution in [1.29, 1.82) is 0 Å². The lowest BCUT2D eigenvalue weighted by Gasteiger charge is -2.12. The van der Waals surface area contributed by atoms with Crippen molar-refractivity contribution in [2.45, 2.75) is 19.6 Å². The molecule has 90 valence electrons. The van der Waals surface area contributed by atoms with Crippen molar-refractivity contribution < 1.29 is 14.6 Å².